The van der Waals surface area contributed by atoms with E-state index >= 15 is 0 Å². The molecule has 25 heavy (non-hydrogen) atoms. The topological polar surface area (TPSA) is 77.5 Å². The van der Waals surface area contributed by atoms with Crippen LogP contribution < -0.4 is 11.1 Å². The van der Waals surface area contributed by atoms with Gasteiger partial charge in [-0.2, -0.15) is 0 Å². The first-order chi connectivity index (χ1) is 11.6. The van der Waals surface area contributed by atoms with Crippen molar-refractivity contribution in [3.63, 3.8) is 0 Å². The lowest BCUT2D eigenvalue weighted by atomic mass is 9.74. The van der Waals surface area contributed by atoms with E-state index in [9.17, 15) is 4.79 Å². The van der Waals surface area contributed by atoms with Crippen LogP contribution in [0.1, 0.15) is 34.5 Å². The van der Waals surface area contributed by atoms with Gasteiger partial charge in [-0.05, 0) is 36.6 Å². The fourth-order valence-electron chi connectivity index (χ4n) is 3.11. The quantitative estimate of drug-likeness (QED) is 0.828. The average Bonchev–Trinajstić information content (AvgIpc) is 3.10. The molecule has 0 aliphatic carbocycles. The molecule has 136 valence electrons. The number of amides is 1. The third kappa shape index (κ3) is 4.55. The van der Waals surface area contributed by atoms with Crippen molar-refractivity contribution < 1.29 is 13.9 Å². The average molecular weight is 385 g/mol. The molecule has 1 aromatic carbocycles. The normalized spacial score (nSPS) is 16.1. The summed E-state index contributed by atoms with van der Waals surface area (Å²) >= 11 is 6.16. The van der Waals surface area contributed by atoms with Crippen LogP contribution in [0.4, 0.5) is 0 Å². The number of furan rings is 1. The molecule has 2 aromatic rings. The van der Waals surface area contributed by atoms with E-state index in [4.69, 9.17) is 26.5 Å². The monoisotopic (exact) mass is 384 g/mol. The Bertz CT molecular complexity index is 712. The van der Waals surface area contributed by atoms with Gasteiger partial charge in [0.25, 0.3) is 5.91 Å². The van der Waals surface area contributed by atoms with Gasteiger partial charge in [0.2, 0.25) is 0 Å². The fraction of sp³-hybridized carbons (Fsp3) is 0.389. The molecule has 0 bridgehead atoms. The number of halogens is 2. The molecule has 3 N–H and O–H groups in total. The van der Waals surface area contributed by atoms with E-state index in [0.717, 1.165) is 18.4 Å². The minimum Gasteiger partial charge on any atom is -0.467 e. The number of hydrogen-bond donors (Lipinski definition) is 2. The van der Waals surface area contributed by atoms with Crippen LogP contribution in [0, 0.1) is 0 Å². The highest BCUT2D eigenvalue weighted by Crippen LogP contribution is 2.35. The summed E-state index contributed by atoms with van der Waals surface area (Å²) in [6, 6.07) is 9.51. The smallest absolute Gasteiger partial charge is 0.254 e. The SMILES string of the molecule is Cl.NCc1cc(C(=O)NCC2(c3cccc(Cl)c3)CCOCC2)co1. The molecule has 0 spiro atoms. The van der Waals surface area contributed by atoms with Crippen molar-refractivity contribution in [2.24, 2.45) is 5.73 Å². The summed E-state index contributed by atoms with van der Waals surface area (Å²) in [5.74, 6) is 0.433. The summed E-state index contributed by atoms with van der Waals surface area (Å²) in [6.45, 7) is 2.15. The van der Waals surface area contributed by atoms with Crippen LogP contribution >= 0.6 is 24.0 Å². The molecule has 3 rings (SSSR count). The Morgan fingerprint density at radius 3 is 2.68 bits per heavy atom. The van der Waals surface area contributed by atoms with E-state index in [1.807, 2.05) is 18.2 Å². The fourth-order valence-corrected chi connectivity index (χ4v) is 3.30. The molecule has 7 heteroatoms. The molecule has 0 unspecified atom stereocenters. The van der Waals surface area contributed by atoms with E-state index in [2.05, 4.69) is 11.4 Å². The van der Waals surface area contributed by atoms with Crippen LogP contribution in [0.15, 0.2) is 41.0 Å². The molecule has 1 aliphatic heterocycles. The number of nitrogens with one attached hydrogen (secondary N) is 1. The molecule has 5 nitrogen and oxygen atoms in total. The Kier molecular flexibility index (Phi) is 6.90. The first-order valence-electron chi connectivity index (χ1n) is 8.02. The number of nitrogens with two attached hydrogens (primary N) is 1. The molecule has 1 aliphatic rings. The van der Waals surface area contributed by atoms with Gasteiger partial charge < -0.3 is 20.2 Å². The van der Waals surface area contributed by atoms with Crippen molar-refractivity contribution in [2.75, 3.05) is 19.8 Å². The van der Waals surface area contributed by atoms with Gasteiger partial charge in [0.15, 0.2) is 0 Å². The molecule has 1 amide bonds. The van der Waals surface area contributed by atoms with Gasteiger partial charge in [-0.3, -0.25) is 4.79 Å². The van der Waals surface area contributed by atoms with Crippen molar-refractivity contribution in [3.8, 4) is 0 Å². The minimum absolute atomic E-state index is 0. The third-order valence-corrected chi connectivity index (χ3v) is 4.83. The Morgan fingerprint density at radius 1 is 1.28 bits per heavy atom. The zero-order valence-corrected chi connectivity index (χ0v) is 15.4. The molecule has 1 fully saturated rings. The van der Waals surface area contributed by atoms with E-state index in [1.165, 1.54) is 6.26 Å². The lowest BCUT2D eigenvalue weighted by Crippen LogP contribution is -2.44. The van der Waals surface area contributed by atoms with Gasteiger partial charge in [0.05, 0.1) is 12.1 Å². The third-order valence-electron chi connectivity index (χ3n) is 4.59. The van der Waals surface area contributed by atoms with Crippen LogP contribution in [-0.4, -0.2) is 25.7 Å². The van der Waals surface area contributed by atoms with Gasteiger partial charge in [0, 0.05) is 30.2 Å². The van der Waals surface area contributed by atoms with Crippen LogP contribution in [-0.2, 0) is 16.7 Å². The summed E-state index contributed by atoms with van der Waals surface area (Å²) in [5.41, 5.74) is 6.97. The highest BCUT2D eigenvalue weighted by atomic mass is 35.5. The van der Waals surface area contributed by atoms with Crippen molar-refractivity contribution in [1.29, 1.82) is 0 Å². The number of carbonyl (C=O) groups excluding carboxylic acids is 1. The maximum Gasteiger partial charge on any atom is 0.254 e. The molecule has 1 aromatic heterocycles. The first kappa shape index (κ1) is 19.8. The number of ether oxygens (including phenoxy) is 1. The summed E-state index contributed by atoms with van der Waals surface area (Å²) in [7, 11) is 0. The zero-order valence-electron chi connectivity index (χ0n) is 13.8. The predicted octanol–water partition coefficient (Wildman–Crippen LogP) is 3.29. The zero-order chi connectivity index (χ0) is 17.0. The summed E-state index contributed by atoms with van der Waals surface area (Å²) in [4.78, 5) is 12.4. The Hall–Kier alpha value is -1.53. The van der Waals surface area contributed by atoms with Crippen LogP contribution in [0.3, 0.4) is 0 Å². The number of rotatable bonds is 5. The Labute approximate surface area is 158 Å². The second-order valence-corrected chi connectivity index (χ2v) is 6.53. The number of carbonyl (C=O) groups is 1. The lowest BCUT2D eigenvalue weighted by Gasteiger charge is -2.38. The van der Waals surface area contributed by atoms with Gasteiger partial charge in [-0.15, -0.1) is 12.4 Å². The first-order valence-corrected chi connectivity index (χ1v) is 8.40. The second-order valence-electron chi connectivity index (χ2n) is 6.09. The van der Waals surface area contributed by atoms with E-state index in [-0.39, 0.29) is 30.3 Å². The Balaban J connectivity index is 0.00000225. The number of benzene rings is 1. The predicted molar refractivity (Wildman–Crippen MR) is 99.4 cm³/mol. The summed E-state index contributed by atoms with van der Waals surface area (Å²) < 4.78 is 10.7. The van der Waals surface area contributed by atoms with E-state index in [0.29, 0.717) is 36.1 Å². The van der Waals surface area contributed by atoms with Gasteiger partial charge >= 0.3 is 0 Å². The highest BCUT2D eigenvalue weighted by Gasteiger charge is 2.35. The Morgan fingerprint density at radius 2 is 2.04 bits per heavy atom. The van der Waals surface area contributed by atoms with E-state index in [1.54, 1.807) is 6.07 Å². The molecular formula is C18H22Cl2N2O3. The molecule has 0 atom stereocenters. The molecule has 0 saturated carbocycles. The van der Waals surface area contributed by atoms with Crippen molar-refractivity contribution in [1.82, 2.24) is 5.32 Å². The van der Waals surface area contributed by atoms with E-state index < -0.39 is 0 Å². The number of hydrogen-bond acceptors (Lipinski definition) is 4. The molecular weight excluding hydrogens is 363 g/mol. The highest BCUT2D eigenvalue weighted by molar-refractivity contribution is 6.30. The van der Waals surface area contributed by atoms with Crippen molar-refractivity contribution in [3.05, 3.63) is 58.5 Å². The maximum absolute atomic E-state index is 12.4. The summed E-state index contributed by atoms with van der Waals surface area (Å²) in [5, 5.41) is 3.73. The van der Waals surface area contributed by atoms with Crippen molar-refractivity contribution in [2.45, 2.75) is 24.8 Å². The van der Waals surface area contributed by atoms with Crippen molar-refractivity contribution >= 4 is 29.9 Å². The molecule has 0 radical (unpaired) electrons. The molecule has 2 heterocycles. The maximum atomic E-state index is 12.4. The van der Waals surface area contributed by atoms with Gasteiger partial charge in [-0.25, -0.2) is 0 Å². The molecule has 1 saturated heterocycles. The minimum atomic E-state index is -0.167. The van der Waals surface area contributed by atoms with Gasteiger partial charge in [0.1, 0.15) is 12.0 Å². The van der Waals surface area contributed by atoms with Gasteiger partial charge in [-0.1, -0.05) is 23.7 Å². The second kappa shape index (κ2) is 8.72. The lowest BCUT2D eigenvalue weighted by molar-refractivity contribution is 0.0487. The van der Waals surface area contributed by atoms with Crippen LogP contribution in [0.25, 0.3) is 0 Å². The largest absolute Gasteiger partial charge is 0.467 e. The van der Waals surface area contributed by atoms with Crippen LogP contribution in [0.2, 0.25) is 5.02 Å². The standard InChI is InChI=1S/C18H21ClN2O3.ClH/c19-15-3-1-2-14(9-15)18(4-6-23-7-5-18)12-21-17(22)13-8-16(10-20)24-11-13;/h1-3,8-9,11H,4-7,10,12,20H2,(H,21,22);1H. The van der Waals surface area contributed by atoms with Crippen LogP contribution in [0.5, 0.6) is 0 Å². The summed E-state index contributed by atoms with van der Waals surface area (Å²) in [6.07, 6.45) is 3.12.